The van der Waals surface area contributed by atoms with E-state index < -0.39 is 5.30 Å². The smallest absolute Gasteiger partial charge is 0.364 e. The summed E-state index contributed by atoms with van der Waals surface area (Å²) in [6.07, 6.45) is 16.0. The molecule has 2 N–H and O–H groups in total. The Morgan fingerprint density at radius 1 is 1.19 bits per heavy atom. The van der Waals surface area contributed by atoms with Gasteiger partial charge in [-0.05, 0) is 82.0 Å². The lowest BCUT2D eigenvalue weighted by Gasteiger charge is -2.32. The number of carboxylic acid groups (broad SMARTS) is 1. The molecule has 246 valence electrons. The summed E-state index contributed by atoms with van der Waals surface area (Å²) in [6, 6.07) is 0.583. The number of thioether (sulfide) groups is 1. The third kappa shape index (κ3) is 14.7. The summed E-state index contributed by atoms with van der Waals surface area (Å²) in [5.41, 5.74) is 1.28. The zero-order valence-corrected chi connectivity index (χ0v) is 28.1. The Balaban J connectivity index is 0.000000503. The van der Waals surface area contributed by atoms with Crippen molar-refractivity contribution < 1.29 is 29.3 Å². The highest BCUT2D eigenvalue weighted by molar-refractivity contribution is 8.12. The Hall–Kier alpha value is -2.50. The lowest BCUT2D eigenvalue weighted by atomic mass is 10.1. The zero-order chi connectivity index (χ0) is 32.2. The molecule has 3 rings (SSSR count). The lowest BCUT2D eigenvalue weighted by molar-refractivity contribution is -0.132. The van der Waals surface area contributed by atoms with E-state index in [1.54, 1.807) is 4.90 Å². The van der Waals surface area contributed by atoms with Crippen LogP contribution in [0.4, 0.5) is 9.59 Å². The third-order valence-electron chi connectivity index (χ3n) is 7.79. The first-order valence-electron chi connectivity index (χ1n) is 15.7. The van der Waals surface area contributed by atoms with Crippen LogP contribution in [0.2, 0.25) is 0 Å². The number of unbranched alkanes of at least 4 members (excludes halogenated alkanes) is 1. The molecule has 0 radical (unpaired) electrons. The number of aliphatic hydroxyl groups is 1. The first-order valence-corrected chi connectivity index (χ1v) is 16.9. The van der Waals surface area contributed by atoms with Crippen molar-refractivity contribution in [1.82, 2.24) is 19.6 Å². The molecule has 11 heteroatoms. The van der Waals surface area contributed by atoms with Gasteiger partial charge in [0, 0.05) is 65.4 Å². The van der Waals surface area contributed by atoms with Gasteiger partial charge in [-0.25, -0.2) is 9.59 Å². The maximum Gasteiger partial charge on any atom is 0.364 e. The van der Waals surface area contributed by atoms with E-state index >= 15 is 0 Å². The molecule has 0 aromatic heterocycles. The molecule has 10 nitrogen and oxygen atoms in total. The van der Waals surface area contributed by atoms with Gasteiger partial charge < -0.3 is 29.6 Å². The molecule has 3 saturated heterocycles. The molecular formula is C32H56N4O6S. The first-order chi connectivity index (χ1) is 20.6. The summed E-state index contributed by atoms with van der Waals surface area (Å²) >= 11 is 0.796. The van der Waals surface area contributed by atoms with Crippen molar-refractivity contribution in [1.29, 1.82) is 0 Å². The normalized spacial score (nSPS) is 22.3. The number of nitrogens with zero attached hydrogens (tertiary/aromatic N) is 4. The molecule has 0 bridgehead atoms. The van der Waals surface area contributed by atoms with Gasteiger partial charge in [0.05, 0.1) is 13.2 Å². The minimum absolute atomic E-state index is 0.136. The van der Waals surface area contributed by atoms with Crippen molar-refractivity contribution in [3.8, 4) is 0 Å². The van der Waals surface area contributed by atoms with Crippen LogP contribution in [0.1, 0.15) is 66.2 Å². The van der Waals surface area contributed by atoms with Gasteiger partial charge in [-0.15, -0.1) is 0 Å². The quantitative estimate of drug-likeness (QED) is 0.318. The number of allylic oxidation sites excluding steroid dienone is 4. The van der Waals surface area contributed by atoms with Gasteiger partial charge in [0.2, 0.25) is 5.91 Å². The largest absolute Gasteiger partial charge is 0.493 e. The van der Waals surface area contributed by atoms with E-state index in [2.05, 4.69) is 50.0 Å². The monoisotopic (exact) mass is 624 g/mol. The van der Waals surface area contributed by atoms with E-state index in [4.69, 9.17) is 14.9 Å². The van der Waals surface area contributed by atoms with E-state index in [-0.39, 0.29) is 18.5 Å². The predicted molar refractivity (Wildman–Crippen MR) is 175 cm³/mol. The first kappa shape index (κ1) is 38.5. The molecule has 0 aliphatic carbocycles. The highest BCUT2D eigenvalue weighted by Crippen LogP contribution is 2.26. The van der Waals surface area contributed by atoms with E-state index in [1.165, 1.54) is 11.8 Å². The molecule has 3 amide bonds. The molecule has 2 atom stereocenters. The second kappa shape index (κ2) is 22.1. The average Bonchev–Trinajstić information content (AvgIpc) is 3.60. The molecule has 3 aliphatic heterocycles. The van der Waals surface area contributed by atoms with E-state index in [0.29, 0.717) is 31.5 Å². The fourth-order valence-corrected chi connectivity index (χ4v) is 5.20. The maximum absolute atomic E-state index is 12.8. The number of hydrogen-bond acceptors (Lipinski definition) is 7. The Morgan fingerprint density at radius 2 is 1.88 bits per heavy atom. The summed E-state index contributed by atoms with van der Waals surface area (Å²) in [5.74, 6) is 1.65. The molecule has 43 heavy (non-hydrogen) atoms. The van der Waals surface area contributed by atoms with Crippen molar-refractivity contribution in [3.05, 3.63) is 35.6 Å². The number of ether oxygens (including phenoxy) is 1. The maximum atomic E-state index is 12.8. The molecule has 3 heterocycles. The van der Waals surface area contributed by atoms with Crippen LogP contribution < -0.4 is 0 Å². The van der Waals surface area contributed by atoms with Gasteiger partial charge >= 0.3 is 11.3 Å². The summed E-state index contributed by atoms with van der Waals surface area (Å²) in [6.45, 7) is 14.9. The zero-order valence-electron chi connectivity index (χ0n) is 27.3. The van der Waals surface area contributed by atoms with Crippen molar-refractivity contribution in [2.24, 2.45) is 5.92 Å². The molecule has 2 unspecified atom stereocenters. The molecule has 0 aromatic rings. The van der Waals surface area contributed by atoms with Crippen LogP contribution >= 0.6 is 11.8 Å². The van der Waals surface area contributed by atoms with Crippen LogP contribution in [0.25, 0.3) is 0 Å². The van der Waals surface area contributed by atoms with Crippen LogP contribution in [-0.4, -0.2) is 125 Å². The van der Waals surface area contributed by atoms with Crippen molar-refractivity contribution >= 4 is 29.0 Å². The van der Waals surface area contributed by atoms with Crippen LogP contribution in [0.3, 0.4) is 0 Å². The van der Waals surface area contributed by atoms with Crippen LogP contribution in [0.15, 0.2) is 35.6 Å². The number of aliphatic hydroxyl groups excluding tert-OH is 1. The number of carbonyl (C=O) groups excluding carboxylic acids is 2. The van der Waals surface area contributed by atoms with Gasteiger partial charge in [0.25, 0.3) is 0 Å². The lowest BCUT2D eigenvalue weighted by Crippen LogP contribution is -2.47. The number of likely N-dealkylation sites (tertiary alicyclic amines) is 1. The molecule has 0 saturated carbocycles. The molecule has 0 spiro atoms. The summed E-state index contributed by atoms with van der Waals surface area (Å²) < 4.78 is 5.67. The molecule has 3 aliphatic rings. The average molecular weight is 625 g/mol. The summed E-state index contributed by atoms with van der Waals surface area (Å²) in [4.78, 5) is 41.2. The second-order valence-corrected chi connectivity index (χ2v) is 11.8. The Bertz CT molecular complexity index is 933. The van der Waals surface area contributed by atoms with Crippen LogP contribution in [0.5, 0.6) is 0 Å². The van der Waals surface area contributed by atoms with Gasteiger partial charge in [-0.1, -0.05) is 31.6 Å². The minimum Gasteiger partial charge on any atom is -0.493 e. The van der Waals surface area contributed by atoms with Crippen molar-refractivity contribution in [3.63, 3.8) is 0 Å². The number of rotatable bonds is 11. The topological polar surface area (TPSA) is 114 Å². The van der Waals surface area contributed by atoms with Gasteiger partial charge in [-0.2, -0.15) is 0 Å². The van der Waals surface area contributed by atoms with Crippen molar-refractivity contribution in [2.75, 3.05) is 72.3 Å². The Morgan fingerprint density at radius 3 is 2.47 bits per heavy atom. The van der Waals surface area contributed by atoms with Gasteiger partial charge in [0.1, 0.15) is 5.76 Å². The van der Waals surface area contributed by atoms with E-state index in [0.717, 1.165) is 89.0 Å². The number of carbonyl (C=O) groups is 3. The minimum atomic E-state index is -0.829. The molecule has 0 aromatic carbocycles. The number of amides is 3. The van der Waals surface area contributed by atoms with Crippen molar-refractivity contribution in [2.45, 2.75) is 72.3 Å². The summed E-state index contributed by atoms with van der Waals surface area (Å²) in [7, 11) is 1.85. The standard InChI is InChI=1S/C23H38N2O3.C7H14N2O.C2H4O2S/c1-4-6-12-24(13-8-14-26)23(27)18-25-17-20(16-19(25)3)9-7-10-22-21(5-2)11-15-28-22;1-3-9-6-4-5-8(2)7(9)10;1-5-2(3)4/h5,7,9-10,19-20,26H,4,6,8,11-18H2,1-3H3;3-6H2,1-2H3;1H3,(H,3,4)/b9-7+,21-5-,22-10+;;. The molecule has 3 fully saturated rings. The molecular weight excluding hydrogens is 568 g/mol. The van der Waals surface area contributed by atoms with E-state index in [9.17, 15) is 14.4 Å². The van der Waals surface area contributed by atoms with Crippen LogP contribution in [0, 0.1) is 5.92 Å². The second-order valence-electron chi connectivity index (χ2n) is 11.0. The summed E-state index contributed by atoms with van der Waals surface area (Å²) in [5, 5.41) is 16.0. The van der Waals surface area contributed by atoms with Gasteiger partial charge in [-0.3, -0.25) is 9.69 Å². The highest BCUT2D eigenvalue weighted by atomic mass is 32.2. The fourth-order valence-electron chi connectivity index (χ4n) is 5.20. The van der Waals surface area contributed by atoms with E-state index in [1.807, 2.05) is 23.8 Å². The Labute approximate surface area is 263 Å². The highest BCUT2D eigenvalue weighted by Gasteiger charge is 2.30. The predicted octanol–water partition coefficient (Wildman–Crippen LogP) is 5.31. The van der Waals surface area contributed by atoms with Gasteiger partial charge in [0.15, 0.2) is 0 Å². The SMILES string of the molecule is C/C=C1/CCO/C1=C/C=C/C1CC(C)N(CC(=O)N(CCCC)CCCO)C1.CCN1CCCN(C)C1=O.CSC(=O)O. The fraction of sp³-hybridized carbons (Fsp3) is 0.719. The Kier molecular flexibility index (Phi) is 19.8. The number of hydrogen-bond donors (Lipinski definition) is 2. The third-order valence-corrected chi connectivity index (χ3v) is 8.14. The van der Waals surface area contributed by atoms with Crippen LogP contribution in [-0.2, 0) is 9.53 Å². The number of urea groups is 1.